The molecule has 5 heterocycles. The summed E-state index contributed by atoms with van der Waals surface area (Å²) < 4.78 is 41.6. The molecule has 0 unspecified atom stereocenters. The van der Waals surface area contributed by atoms with Crippen LogP contribution in [-0.4, -0.2) is 113 Å². The Kier molecular flexibility index (Phi) is 15.4. The Labute approximate surface area is 416 Å². The number of ether oxygens (including phenoxy) is 7. The van der Waals surface area contributed by atoms with Gasteiger partial charge >= 0.3 is 0 Å². The van der Waals surface area contributed by atoms with Crippen molar-refractivity contribution < 1.29 is 42.7 Å². The highest BCUT2D eigenvalue weighted by atomic mass is 32.1. The lowest BCUT2D eigenvalue weighted by Crippen LogP contribution is -2.37. The van der Waals surface area contributed by atoms with Crippen molar-refractivity contribution in [2.75, 3.05) is 88.3 Å². The smallest absolute Gasteiger partial charge is 0.261 e. The Morgan fingerprint density at radius 3 is 2.06 bits per heavy atom. The first kappa shape index (κ1) is 49.0. The van der Waals surface area contributed by atoms with Gasteiger partial charge in [0.1, 0.15) is 19.0 Å². The number of methoxy groups -OCH3 is 2. The minimum absolute atomic E-state index is 0.0383. The standard InChI is InChI=1S/C55H63N5O9S/c1-36-24-45-37(14-15-42-25-38-10-6-8-12-48(38)59(42)53(45)61)27-50(36)68-33-40-28-43(58(17-19-67-35-55(2,3)70)16-18-65-22-23-66-21-20-63-4)29-41(57-40)34-69-52-31-47-46(30-51(52)64-5)54(62)60-44(32-56-47)26-39-11-7-9-13-49(39)60/h6-13,24,27-32,42,44,70H,14-23,25-26,33-35H2,1-5H3/t42-,44+/m1/s1. The van der Waals surface area contributed by atoms with E-state index >= 15 is 0 Å². The Morgan fingerprint density at radius 1 is 0.700 bits per heavy atom. The molecular weight excluding hydrogens is 907 g/mol. The quantitative estimate of drug-likeness (QED) is 0.0529. The van der Waals surface area contributed by atoms with E-state index in [1.54, 1.807) is 26.4 Å². The predicted octanol–water partition coefficient (Wildman–Crippen LogP) is 8.57. The van der Waals surface area contributed by atoms with Crippen LogP contribution in [0, 0.1) is 6.92 Å². The number of aliphatic imine (C=N–C) groups is 1. The third kappa shape index (κ3) is 11.1. The molecule has 5 aromatic rings. The Hall–Kier alpha value is -5.97. The Morgan fingerprint density at radius 2 is 1.34 bits per heavy atom. The van der Waals surface area contributed by atoms with E-state index in [4.69, 9.17) is 43.1 Å². The molecule has 0 N–H and O–H groups in total. The van der Waals surface area contributed by atoms with Gasteiger partial charge in [0.05, 0.1) is 82.0 Å². The van der Waals surface area contributed by atoms with Crippen LogP contribution in [0.2, 0.25) is 0 Å². The van der Waals surface area contributed by atoms with Crippen LogP contribution in [0.15, 0.2) is 89.9 Å². The number of rotatable bonds is 22. The number of hydrogen-bond donors (Lipinski definition) is 1. The number of amides is 2. The number of nitrogens with zero attached hydrogens (tertiary/aromatic N) is 5. The summed E-state index contributed by atoms with van der Waals surface area (Å²) in [5, 5.41) is 0. The predicted molar refractivity (Wildman–Crippen MR) is 275 cm³/mol. The topological polar surface area (TPSA) is 134 Å². The minimum atomic E-state index is -0.289. The number of aromatic nitrogens is 1. The van der Waals surface area contributed by atoms with Crippen molar-refractivity contribution in [1.29, 1.82) is 0 Å². The molecule has 4 aromatic carbocycles. The van der Waals surface area contributed by atoms with Gasteiger partial charge in [0.2, 0.25) is 0 Å². The van der Waals surface area contributed by atoms with E-state index in [1.165, 1.54) is 5.56 Å². The van der Waals surface area contributed by atoms with Crippen molar-refractivity contribution in [3.63, 3.8) is 0 Å². The zero-order chi connectivity index (χ0) is 48.8. The van der Waals surface area contributed by atoms with E-state index in [1.807, 2.05) is 91.4 Å². The van der Waals surface area contributed by atoms with Crippen LogP contribution in [0.5, 0.6) is 17.2 Å². The van der Waals surface area contributed by atoms with Gasteiger partial charge in [0, 0.05) is 72.3 Å². The second kappa shape index (κ2) is 22.0. The molecule has 0 saturated carbocycles. The third-order valence-corrected chi connectivity index (χ3v) is 13.2. The molecule has 0 saturated heterocycles. The fourth-order valence-electron chi connectivity index (χ4n) is 9.67. The zero-order valence-corrected chi connectivity index (χ0v) is 41.7. The highest BCUT2D eigenvalue weighted by Crippen LogP contribution is 2.42. The van der Waals surface area contributed by atoms with Gasteiger partial charge in [0.15, 0.2) is 11.5 Å². The molecular formula is C55H63N5O9S. The first-order valence-electron chi connectivity index (χ1n) is 24.2. The van der Waals surface area contributed by atoms with Crippen LogP contribution < -0.4 is 28.9 Å². The van der Waals surface area contributed by atoms with E-state index < -0.39 is 0 Å². The first-order chi connectivity index (χ1) is 34.0. The number of pyridine rings is 1. The zero-order valence-electron chi connectivity index (χ0n) is 40.8. The normalized spacial score (nSPS) is 16.7. The van der Waals surface area contributed by atoms with Crippen molar-refractivity contribution >= 4 is 53.4 Å². The van der Waals surface area contributed by atoms with Gasteiger partial charge in [-0.2, -0.15) is 12.6 Å². The van der Waals surface area contributed by atoms with Crippen molar-refractivity contribution in [3.05, 3.63) is 130 Å². The summed E-state index contributed by atoms with van der Waals surface area (Å²) >= 11 is 4.67. The van der Waals surface area contributed by atoms with E-state index in [9.17, 15) is 9.59 Å². The molecule has 70 heavy (non-hydrogen) atoms. The molecule has 0 bridgehead atoms. The molecule has 4 aliphatic heterocycles. The monoisotopic (exact) mass is 969 g/mol. The maximum absolute atomic E-state index is 14.2. The second-order valence-corrected chi connectivity index (χ2v) is 20.0. The SMILES string of the molecule is COCCOCCOCCN(CCOCC(C)(C)S)c1cc(COc2cc3c(cc2C)C(=O)N2c4ccccc4C[C@H]2CC3)nc(COc2cc3c(cc2OC)C(=O)N2c4ccccc4C[C@H]2C=N3)c1. The van der Waals surface area contributed by atoms with Crippen LogP contribution in [0.1, 0.15) is 74.6 Å². The Balaban J connectivity index is 0.977. The molecule has 2 atom stereocenters. The number of aryl methyl sites for hydroxylation is 2. The number of carbonyl (C=O) groups is 2. The van der Waals surface area contributed by atoms with Crippen LogP contribution in [0.3, 0.4) is 0 Å². The van der Waals surface area contributed by atoms with E-state index in [2.05, 4.69) is 35.7 Å². The molecule has 368 valence electrons. The van der Waals surface area contributed by atoms with E-state index in [0.717, 1.165) is 58.6 Å². The van der Waals surface area contributed by atoms with Crippen molar-refractivity contribution in [3.8, 4) is 17.2 Å². The maximum Gasteiger partial charge on any atom is 0.261 e. The third-order valence-electron chi connectivity index (χ3n) is 13.1. The van der Waals surface area contributed by atoms with Crippen LogP contribution in [-0.2, 0) is 51.4 Å². The van der Waals surface area contributed by atoms with Crippen LogP contribution in [0.25, 0.3) is 0 Å². The number of para-hydroxylation sites is 2. The van der Waals surface area contributed by atoms with E-state index in [0.29, 0.717) is 106 Å². The molecule has 14 nitrogen and oxygen atoms in total. The van der Waals surface area contributed by atoms with Gasteiger partial charge in [-0.15, -0.1) is 0 Å². The molecule has 0 aliphatic carbocycles. The number of anilines is 3. The van der Waals surface area contributed by atoms with Gasteiger partial charge in [-0.1, -0.05) is 36.4 Å². The lowest BCUT2D eigenvalue weighted by atomic mass is 9.98. The first-order valence-corrected chi connectivity index (χ1v) is 24.6. The molecule has 1 aromatic heterocycles. The maximum atomic E-state index is 14.2. The number of fused-ring (bicyclic) bond motifs is 8. The number of hydrogen-bond acceptors (Lipinski definition) is 13. The summed E-state index contributed by atoms with van der Waals surface area (Å²) in [5.41, 5.74) is 9.96. The largest absolute Gasteiger partial charge is 0.493 e. The fraction of sp³-hybridized carbons (Fsp3) is 0.418. The van der Waals surface area contributed by atoms with Crippen molar-refractivity contribution in [2.24, 2.45) is 4.99 Å². The molecule has 0 spiro atoms. The number of benzene rings is 4. The fourth-order valence-corrected chi connectivity index (χ4v) is 9.76. The summed E-state index contributed by atoms with van der Waals surface area (Å²) in [7, 11) is 3.21. The molecule has 0 radical (unpaired) electrons. The second-order valence-electron chi connectivity index (χ2n) is 18.8. The van der Waals surface area contributed by atoms with E-state index in [-0.39, 0.29) is 41.9 Å². The molecule has 15 heteroatoms. The summed E-state index contributed by atoms with van der Waals surface area (Å²) in [6, 6.07) is 27.7. The lowest BCUT2D eigenvalue weighted by molar-refractivity contribution is 0.0262. The molecule has 0 fully saturated rings. The lowest BCUT2D eigenvalue weighted by Gasteiger charge is -2.27. The van der Waals surface area contributed by atoms with Gasteiger partial charge in [-0.05, 0) is 105 Å². The average Bonchev–Trinajstić information content (AvgIpc) is 3.85. The van der Waals surface area contributed by atoms with Crippen LogP contribution in [0.4, 0.5) is 22.7 Å². The number of carbonyl (C=O) groups excluding carboxylic acids is 2. The molecule has 9 rings (SSSR count). The summed E-state index contributed by atoms with van der Waals surface area (Å²) in [6.07, 6.45) is 5.03. The molecule has 4 aliphatic rings. The average molecular weight is 970 g/mol. The van der Waals surface area contributed by atoms with Gasteiger partial charge in [-0.3, -0.25) is 24.5 Å². The number of thiol groups is 1. The Bertz CT molecular complexity index is 2720. The van der Waals surface area contributed by atoms with Gasteiger partial charge in [-0.25, -0.2) is 0 Å². The highest BCUT2D eigenvalue weighted by molar-refractivity contribution is 7.81. The molecule has 2 amide bonds. The summed E-state index contributed by atoms with van der Waals surface area (Å²) in [4.78, 5) is 44.2. The van der Waals surface area contributed by atoms with Crippen LogP contribution >= 0.6 is 12.6 Å². The van der Waals surface area contributed by atoms with Gasteiger partial charge in [0.25, 0.3) is 11.8 Å². The summed E-state index contributed by atoms with van der Waals surface area (Å²) in [6.45, 7) is 10.7. The van der Waals surface area contributed by atoms with Crippen molar-refractivity contribution in [1.82, 2.24) is 4.98 Å². The van der Waals surface area contributed by atoms with Gasteiger partial charge < -0.3 is 43.0 Å². The highest BCUT2D eigenvalue weighted by Gasteiger charge is 2.38. The van der Waals surface area contributed by atoms with Crippen molar-refractivity contribution in [2.45, 2.75) is 76.5 Å². The minimum Gasteiger partial charge on any atom is -0.493 e. The summed E-state index contributed by atoms with van der Waals surface area (Å²) in [5.74, 6) is 1.44.